The van der Waals surface area contributed by atoms with E-state index in [0.29, 0.717) is 0 Å². The van der Waals surface area contributed by atoms with Crippen molar-refractivity contribution < 1.29 is 4.42 Å². The number of furan rings is 1. The zero-order valence-electron chi connectivity index (χ0n) is 7.96. The maximum absolute atomic E-state index is 5.82. The van der Waals surface area contributed by atoms with Crippen molar-refractivity contribution in [3.8, 4) is 11.1 Å². The Morgan fingerprint density at radius 2 is 1.86 bits per heavy atom. The van der Waals surface area contributed by atoms with Crippen molar-refractivity contribution in [2.24, 2.45) is 0 Å². The summed E-state index contributed by atoms with van der Waals surface area (Å²) >= 11 is 5.82. The Morgan fingerprint density at radius 3 is 2.50 bits per heavy atom. The summed E-state index contributed by atoms with van der Waals surface area (Å²) in [7, 11) is 0. The van der Waals surface area contributed by atoms with Crippen LogP contribution in [0.2, 0.25) is 5.02 Å². The van der Waals surface area contributed by atoms with Gasteiger partial charge < -0.3 is 4.42 Å². The van der Waals surface area contributed by atoms with E-state index < -0.39 is 0 Å². The number of hydrogen-bond acceptors (Lipinski definition) is 1. The minimum atomic E-state index is 0.760. The van der Waals surface area contributed by atoms with Crippen molar-refractivity contribution in [3.05, 3.63) is 47.4 Å². The van der Waals surface area contributed by atoms with E-state index in [1.54, 1.807) is 12.5 Å². The van der Waals surface area contributed by atoms with Gasteiger partial charge in [-0.3, -0.25) is 0 Å². The first-order chi connectivity index (χ1) is 6.81. The van der Waals surface area contributed by atoms with Crippen LogP contribution in [-0.2, 0) is 6.42 Å². The molecule has 2 aromatic rings. The first-order valence-corrected chi connectivity index (χ1v) is 5.00. The lowest BCUT2D eigenvalue weighted by molar-refractivity contribution is 0.565. The SMILES string of the molecule is CCc1cocc1-c1ccc(Cl)cc1. The minimum absolute atomic E-state index is 0.760. The summed E-state index contributed by atoms with van der Waals surface area (Å²) < 4.78 is 5.19. The molecule has 0 unspecified atom stereocenters. The normalized spacial score (nSPS) is 10.4. The van der Waals surface area contributed by atoms with E-state index >= 15 is 0 Å². The van der Waals surface area contributed by atoms with Crippen LogP contribution >= 0.6 is 11.6 Å². The van der Waals surface area contributed by atoms with Crippen LogP contribution in [0.1, 0.15) is 12.5 Å². The van der Waals surface area contributed by atoms with Gasteiger partial charge in [-0.2, -0.15) is 0 Å². The highest BCUT2D eigenvalue weighted by atomic mass is 35.5. The van der Waals surface area contributed by atoms with Crippen molar-refractivity contribution in [1.82, 2.24) is 0 Å². The van der Waals surface area contributed by atoms with E-state index in [-0.39, 0.29) is 0 Å². The van der Waals surface area contributed by atoms with Crippen molar-refractivity contribution in [2.45, 2.75) is 13.3 Å². The molecule has 0 aliphatic rings. The van der Waals surface area contributed by atoms with Gasteiger partial charge in [-0.25, -0.2) is 0 Å². The fourth-order valence-electron chi connectivity index (χ4n) is 1.48. The first-order valence-electron chi connectivity index (χ1n) is 4.62. The smallest absolute Gasteiger partial charge is 0.0983 e. The molecule has 0 N–H and O–H groups in total. The summed E-state index contributed by atoms with van der Waals surface area (Å²) in [4.78, 5) is 0. The topological polar surface area (TPSA) is 13.1 Å². The van der Waals surface area contributed by atoms with Gasteiger partial charge in [-0.15, -0.1) is 0 Å². The molecule has 1 nitrogen and oxygen atoms in total. The maximum Gasteiger partial charge on any atom is 0.0983 e. The van der Waals surface area contributed by atoms with Gasteiger partial charge in [0.2, 0.25) is 0 Å². The molecule has 1 aromatic heterocycles. The van der Waals surface area contributed by atoms with E-state index in [1.165, 1.54) is 5.56 Å². The summed E-state index contributed by atoms with van der Waals surface area (Å²) in [5, 5.41) is 0.760. The number of rotatable bonds is 2. The molecule has 0 spiro atoms. The summed E-state index contributed by atoms with van der Waals surface area (Å²) in [5.74, 6) is 0. The fraction of sp³-hybridized carbons (Fsp3) is 0.167. The van der Waals surface area contributed by atoms with Crippen LogP contribution < -0.4 is 0 Å². The standard InChI is InChI=1S/C12H11ClO/c1-2-9-7-14-8-12(9)10-3-5-11(13)6-4-10/h3-8H,2H2,1H3. The largest absolute Gasteiger partial charge is 0.472 e. The van der Waals surface area contributed by atoms with Crippen LogP contribution in [-0.4, -0.2) is 0 Å². The highest BCUT2D eigenvalue weighted by Crippen LogP contribution is 2.26. The predicted molar refractivity (Wildman–Crippen MR) is 58.5 cm³/mol. The van der Waals surface area contributed by atoms with Crippen LogP contribution in [0, 0.1) is 0 Å². The first kappa shape index (κ1) is 9.35. The molecular weight excluding hydrogens is 196 g/mol. The van der Waals surface area contributed by atoms with Crippen LogP contribution in [0.15, 0.2) is 41.2 Å². The van der Waals surface area contributed by atoms with E-state index in [0.717, 1.165) is 22.6 Å². The molecule has 14 heavy (non-hydrogen) atoms. The molecule has 0 saturated heterocycles. The Labute approximate surface area is 88.3 Å². The van der Waals surface area contributed by atoms with Crippen molar-refractivity contribution in [1.29, 1.82) is 0 Å². The molecule has 2 rings (SSSR count). The third-order valence-electron chi connectivity index (χ3n) is 2.28. The molecule has 0 fully saturated rings. The summed E-state index contributed by atoms with van der Waals surface area (Å²) in [6.45, 7) is 2.12. The van der Waals surface area contributed by atoms with E-state index in [2.05, 4.69) is 6.92 Å². The molecule has 0 aliphatic heterocycles. The number of hydrogen-bond donors (Lipinski definition) is 0. The highest BCUT2D eigenvalue weighted by Gasteiger charge is 2.05. The molecule has 0 bridgehead atoms. The second-order valence-corrected chi connectivity index (χ2v) is 3.61. The van der Waals surface area contributed by atoms with Gasteiger partial charge >= 0.3 is 0 Å². The van der Waals surface area contributed by atoms with E-state index in [4.69, 9.17) is 16.0 Å². The monoisotopic (exact) mass is 206 g/mol. The minimum Gasteiger partial charge on any atom is -0.472 e. The summed E-state index contributed by atoms with van der Waals surface area (Å²) in [5.41, 5.74) is 3.54. The zero-order valence-corrected chi connectivity index (χ0v) is 8.71. The van der Waals surface area contributed by atoms with Gasteiger partial charge in [0.25, 0.3) is 0 Å². The number of halogens is 1. The molecule has 0 radical (unpaired) electrons. The lowest BCUT2D eigenvalue weighted by atomic mass is 10.0. The summed E-state index contributed by atoms with van der Waals surface area (Å²) in [6, 6.07) is 7.80. The fourth-order valence-corrected chi connectivity index (χ4v) is 1.61. The van der Waals surface area contributed by atoms with Gasteiger partial charge in [-0.1, -0.05) is 30.7 Å². The quantitative estimate of drug-likeness (QED) is 0.719. The maximum atomic E-state index is 5.82. The predicted octanol–water partition coefficient (Wildman–Crippen LogP) is 4.16. The average Bonchev–Trinajstić information content (AvgIpc) is 2.67. The lowest BCUT2D eigenvalue weighted by Gasteiger charge is -2.00. The van der Waals surface area contributed by atoms with Crippen LogP contribution in [0.3, 0.4) is 0 Å². The van der Waals surface area contributed by atoms with E-state index in [9.17, 15) is 0 Å². The average molecular weight is 207 g/mol. The molecule has 0 amide bonds. The third kappa shape index (κ3) is 1.68. The molecule has 72 valence electrons. The molecule has 1 heterocycles. The van der Waals surface area contributed by atoms with Gasteiger partial charge in [-0.05, 0) is 29.7 Å². The third-order valence-corrected chi connectivity index (χ3v) is 2.53. The molecule has 2 heteroatoms. The molecule has 0 aliphatic carbocycles. The van der Waals surface area contributed by atoms with Crippen molar-refractivity contribution >= 4 is 11.6 Å². The second kappa shape index (κ2) is 3.89. The Kier molecular flexibility index (Phi) is 2.60. The zero-order chi connectivity index (χ0) is 9.97. The second-order valence-electron chi connectivity index (χ2n) is 3.17. The molecule has 0 atom stereocenters. The van der Waals surface area contributed by atoms with Gasteiger partial charge in [0, 0.05) is 10.6 Å². The van der Waals surface area contributed by atoms with Crippen LogP contribution in [0.5, 0.6) is 0 Å². The van der Waals surface area contributed by atoms with Crippen molar-refractivity contribution in [2.75, 3.05) is 0 Å². The molecular formula is C12H11ClO. The van der Waals surface area contributed by atoms with Crippen LogP contribution in [0.25, 0.3) is 11.1 Å². The van der Waals surface area contributed by atoms with Gasteiger partial charge in [0.05, 0.1) is 12.5 Å². The number of aryl methyl sites for hydroxylation is 1. The van der Waals surface area contributed by atoms with Gasteiger partial charge in [0.1, 0.15) is 0 Å². The Bertz CT molecular complexity index is 414. The Hall–Kier alpha value is -1.21. The Balaban J connectivity index is 2.44. The van der Waals surface area contributed by atoms with E-state index in [1.807, 2.05) is 24.3 Å². The Morgan fingerprint density at radius 1 is 1.14 bits per heavy atom. The van der Waals surface area contributed by atoms with Gasteiger partial charge in [0.15, 0.2) is 0 Å². The van der Waals surface area contributed by atoms with Crippen LogP contribution in [0.4, 0.5) is 0 Å². The van der Waals surface area contributed by atoms with Crippen molar-refractivity contribution in [3.63, 3.8) is 0 Å². The summed E-state index contributed by atoms with van der Waals surface area (Å²) in [6.07, 6.45) is 4.56. The molecule has 1 aromatic carbocycles. The molecule has 0 saturated carbocycles. The lowest BCUT2D eigenvalue weighted by Crippen LogP contribution is -1.80. The number of benzene rings is 1. The highest BCUT2D eigenvalue weighted by molar-refractivity contribution is 6.30.